The lowest BCUT2D eigenvalue weighted by Crippen LogP contribution is -2.44. The van der Waals surface area contributed by atoms with Crippen molar-refractivity contribution in [1.82, 2.24) is 30.4 Å². The molecular formula is C35H36ClN7O3. The van der Waals surface area contributed by atoms with Crippen molar-refractivity contribution in [3.63, 3.8) is 0 Å². The van der Waals surface area contributed by atoms with E-state index >= 15 is 0 Å². The number of halogens is 1. The molecule has 1 aliphatic rings. The van der Waals surface area contributed by atoms with Crippen LogP contribution in [-0.4, -0.2) is 64.5 Å². The van der Waals surface area contributed by atoms with Crippen LogP contribution in [0.2, 0.25) is 5.02 Å². The number of likely N-dealkylation sites (tertiary alicyclic amines) is 1. The van der Waals surface area contributed by atoms with E-state index in [4.69, 9.17) is 16.3 Å². The van der Waals surface area contributed by atoms with Crippen LogP contribution in [0.25, 0.3) is 16.8 Å². The Hall–Kier alpha value is -4.80. The fourth-order valence-electron chi connectivity index (χ4n) is 6.19. The number of tetrazole rings is 1. The average molecular weight is 638 g/mol. The molecule has 6 rings (SSSR count). The molecule has 10 nitrogen and oxygen atoms in total. The van der Waals surface area contributed by atoms with Crippen LogP contribution in [0.5, 0.6) is 0 Å². The monoisotopic (exact) mass is 637 g/mol. The summed E-state index contributed by atoms with van der Waals surface area (Å²) < 4.78 is 7.57. The lowest BCUT2D eigenvalue weighted by atomic mass is 9.84. The summed E-state index contributed by atoms with van der Waals surface area (Å²) in [7, 11) is 1.62. The SMILES string of the molecule is COCCNC(=O)N1CCC(c2cccc(C(Cc3ccccc3)c3ccc(-c4cc(Cl)ccc4-n4cnnn4)c[n+]3[O-])c2)CC1. The summed E-state index contributed by atoms with van der Waals surface area (Å²) in [6, 6.07) is 28.1. The number of rotatable bonds is 10. The molecule has 1 fully saturated rings. The maximum Gasteiger partial charge on any atom is 0.317 e. The Morgan fingerprint density at radius 1 is 1.07 bits per heavy atom. The van der Waals surface area contributed by atoms with Gasteiger partial charge in [0.15, 0.2) is 6.20 Å². The summed E-state index contributed by atoms with van der Waals surface area (Å²) in [5.74, 6) is 0.147. The molecule has 0 saturated carbocycles. The fourth-order valence-corrected chi connectivity index (χ4v) is 6.37. The summed E-state index contributed by atoms with van der Waals surface area (Å²) in [4.78, 5) is 14.4. The van der Waals surface area contributed by atoms with E-state index in [-0.39, 0.29) is 11.9 Å². The van der Waals surface area contributed by atoms with E-state index in [1.807, 2.05) is 47.4 Å². The van der Waals surface area contributed by atoms with Crippen molar-refractivity contribution in [3.05, 3.63) is 130 Å². The highest BCUT2D eigenvalue weighted by Crippen LogP contribution is 2.34. The fraction of sp³-hybridized carbons (Fsp3) is 0.286. The first-order valence-electron chi connectivity index (χ1n) is 15.4. The van der Waals surface area contributed by atoms with Crippen molar-refractivity contribution in [1.29, 1.82) is 0 Å². The number of hydrogen-bond acceptors (Lipinski definition) is 6. The zero-order chi connectivity index (χ0) is 31.9. The number of hydrogen-bond donors (Lipinski definition) is 1. The maximum atomic E-state index is 13.9. The van der Waals surface area contributed by atoms with E-state index < -0.39 is 0 Å². The number of ether oxygens (including phenoxy) is 1. The van der Waals surface area contributed by atoms with Crippen LogP contribution in [0.3, 0.4) is 0 Å². The molecule has 1 atom stereocenters. The van der Waals surface area contributed by atoms with Crippen molar-refractivity contribution in [2.45, 2.75) is 31.1 Å². The molecule has 2 amide bonds. The number of piperidine rings is 1. The zero-order valence-corrected chi connectivity index (χ0v) is 26.4. The lowest BCUT2D eigenvalue weighted by molar-refractivity contribution is -0.614. The van der Waals surface area contributed by atoms with Gasteiger partial charge < -0.3 is 20.2 Å². The van der Waals surface area contributed by atoms with Gasteiger partial charge in [-0.3, -0.25) is 0 Å². The van der Waals surface area contributed by atoms with Crippen LogP contribution >= 0.6 is 11.6 Å². The van der Waals surface area contributed by atoms with E-state index in [1.54, 1.807) is 24.1 Å². The Kier molecular flexibility index (Phi) is 9.85. The standard InChI is InChI=1S/C35H36ClN7O3/c1-46-19-16-37-35(44)41-17-14-26(15-18-41)27-8-5-9-28(21-27)31(20-25-6-3-2-4-7-25)34-12-10-29(23-43(34)45)32-22-30(36)11-13-33(32)42-24-38-39-40-42/h2-13,21-24,26,31H,14-20H2,1H3,(H,37,44). The topological polar surface area (TPSA) is 112 Å². The molecule has 11 heteroatoms. The third-order valence-electron chi connectivity index (χ3n) is 8.60. The Bertz CT molecular complexity index is 1760. The van der Waals surface area contributed by atoms with Crippen molar-refractivity contribution in [2.75, 3.05) is 33.4 Å². The third kappa shape index (κ3) is 7.19. The first-order chi connectivity index (χ1) is 22.5. The van der Waals surface area contributed by atoms with Crippen LogP contribution in [0, 0.1) is 5.21 Å². The molecule has 0 bridgehead atoms. The van der Waals surface area contributed by atoms with E-state index in [0.717, 1.165) is 34.3 Å². The third-order valence-corrected chi connectivity index (χ3v) is 8.83. The number of nitrogens with zero attached hydrogens (tertiary/aromatic N) is 6. The quantitative estimate of drug-likeness (QED) is 0.123. The van der Waals surface area contributed by atoms with Crippen LogP contribution in [0.1, 0.15) is 47.1 Å². The minimum Gasteiger partial charge on any atom is -0.618 e. The van der Waals surface area contributed by atoms with E-state index in [2.05, 4.69) is 57.2 Å². The summed E-state index contributed by atoms with van der Waals surface area (Å²) >= 11 is 6.37. The number of urea groups is 1. The van der Waals surface area contributed by atoms with Gasteiger partial charge in [-0.1, -0.05) is 66.2 Å². The van der Waals surface area contributed by atoms with Gasteiger partial charge in [-0.2, -0.15) is 9.41 Å². The molecule has 236 valence electrons. The second-order valence-corrected chi connectivity index (χ2v) is 11.9. The molecular weight excluding hydrogens is 602 g/mol. The van der Waals surface area contributed by atoms with Crippen molar-refractivity contribution < 1.29 is 14.3 Å². The molecule has 3 aromatic carbocycles. The molecule has 0 aliphatic carbocycles. The minimum atomic E-state index is -0.182. The van der Waals surface area contributed by atoms with E-state index in [1.165, 1.54) is 11.9 Å². The summed E-state index contributed by atoms with van der Waals surface area (Å²) in [5, 5.41) is 28.9. The number of methoxy groups -OCH3 is 1. The van der Waals surface area contributed by atoms with Gasteiger partial charge in [-0.05, 0) is 76.6 Å². The smallest absolute Gasteiger partial charge is 0.317 e. The van der Waals surface area contributed by atoms with Gasteiger partial charge in [-0.25, -0.2) is 4.79 Å². The number of aromatic nitrogens is 5. The number of carbonyl (C=O) groups is 1. The predicted octanol–water partition coefficient (Wildman–Crippen LogP) is 5.53. The van der Waals surface area contributed by atoms with Gasteiger partial charge in [0, 0.05) is 49.0 Å². The summed E-state index contributed by atoms with van der Waals surface area (Å²) in [6.45, 7) is 2.38. The molecule has 2 aromatic heterocycles. The van der Waals surface area contributed by atoms with Crippen molar-refractivity contribution >= 4 is 17.6 Å². The summed E-state index contributed by atoms with van der Waals surface area (Å²) in [6.07, 6.45) is 5.54. The Morgan fingerprint density at radius 3 is 2.63 bits per heavy atom. The second-order valence-electron chi connectivity index (χ2n) is 11.5. The molecule has 5 aromatic rings. The highest BCUT2D eigenvalue weighted by Gasteiger charge is 2.27. The van der Waals surface area contributed by atoms with Crippen LogP contribution in [0.4, 0.5) is 4.79 Å². The first-order valence-corrected chi connectivity index (χ1v) is 15.8. The first kappa shape index (κ1) is 31.2. The van der Waals surface area contributed by atoms with E-state index in [9.17, 15) is 10.0 Å². The molecule has 0 radical (unpaired) electrons. The Morgan fingerprint density at radius 2 is 1.89 bits per heavy atom. The van der Waals surface area contributed by atoms with Crippen LogP contribution in [0.15, 0.2) is 97.5 Å². The van der Waals surface area contributed by atoms with Crippen molar-refractivity contribution in [3.8, 4) is 16.8 Å². The molecule has 1 aliphatic heterocycles. The lowest BCUT2D eigenvalue weighted by Gasteiger charge is -2.32. The average Bonchev–Trinajstić information content (AvgIpc) is 3.63. The Balaban J connectivity index is 1.28. The number of pyridine rings is 1. The van der Waals surface area contributed by atoms with Gasteiger partial charge in [0.05, 0.1) is 18.2 Å². The van der Waals surface area contributed by atoms with Gasteiger partial charge in [0.25, 0.3) is 0 Å². The van der Waals surface area contributed by atoms with Gasteiger partial charge in [0.2, 0.25) is 5.69 Å². The Labute approximate surface area is 273 Å². The molecule has 1 N–H and O–H groups in total. The highest BCUT2D eigenvalue weighted by molar-refractivity contribution is 6.31. The molecule has 46 heavy (non-hydrogen) atoms. The zero-order valence-electron chi connectivity index (χ0n) is 25.6. The maximum absolute atomic E-state index is 13.9. The normalized spacial score (nSPS) is 14.3. The summed E-state index contributed by atoms with van der Waals surface area (Å²) in [5.41, 5.74) is 6.27. The second kappa shape index (κ2) is 14.5. The number of benzene rings is 3. The van der Waals surface area contributed by atoms with E-state index in [0.29, 0.717) is 60.5 Å². The number of nitrogens with one attached hydrogen (secondary N) is 1. The van der Waals surface area contributed by atoms with Gasteiger partial charge in [-0.15, -0.1) is 5.10 Å². The van der Waals surface area contributed by atoms with Gasteiger partial charge in [0.1, 0.15) is 6.33 Å². The molecule has 1 unspecified atom stereocenters. The predicted molar refractivity (Wildman–Crippen MR) is 176 cm³/mol. The molecule has 3 heterocycles. The molecule has 1 saturated heterocycles. The van der Waals surface area contributed by atoms with Crippen LogP contribution in [-0.2, 0) is 11.2 Å². The van der Waals surface area contributed by atoms with Crippen LogP contribution < -0.4 is 10.0 Å². The molecule has 0 spiro atoms. The number of carbonyl (C=O) groups excluding carboxylic acids is 1. The van der Waals surface area contributed by atoms with Gasteiger partial charge >= 0.3 is 6.03 Å². The number of amides is 2. The highest BCUT2D eigenvalue weighted by atomic mass is 35.5. The largest absolute Gasteiger partial charge is 0.618 e. The van der Waals surface area contributed by atoms with Crippen molar-refractivity contribution in [2.24, 2.45) is 0 Å². The minimum absolute atomic E-state index is 0.0431.